The Bertz CT molecular complexity index is 139. The maximum atomic E-state index is 8.42. The molecule has 0 N–H and O–H groups in total. The SMILES string of the molecule is [Gd+3].[Gd+3].[Gd+3].[Gd+3].[Gd+3].[O-2].[O-2].[O-2].[O-2].[O-2].[O-2].[O-]B([O-])[O-].[O-]B([O-])[O-].[O-]B([O-])[O-].[O-]B([O-])[O-].[O-]B([O-])[O-].[O-]B([O-])[O-].[Y+3].[Y+3].[Y+3].[Y+3].[Y+3]. The Morgan fingerprint density at radius 2 is 0.175 bits per heavy atom. The van der Waals surface area contributed by atoms with Crippen molar-refractivity contribution in [3.05, 3.63) is 0 Å². The van der Waals surface area contributed by atoms with Gasteiger partial charge in [0.1, 0.15) is 0 Å². The first kappa shape index (κ1) is 151. The Morgan fingerprint density at radius 1 is 0.175 bits per heavy atom. The van der Waals surface area contributed by atoms with Crippen LogP contribution in [0.1, 0.15) is 0 Å². The Hall–Kier alpha value is 11.6. The molecule has 217 valence electrons. The summed E-state index contributed by atoms with van der Waals surface area (Å²) in [6, 6.07) is 0. The summed E-state index contributed by atoms with van der Waals surface area (Å²) in [6.45, 7) is 0. The second-order valence-corrected chi connectivity index (χ2v) is 1.73. The van der Waals surface area contributed by atoms with Gasteiger partial charge in [0.15, 0.2) is 0 Å². The molecule has 0 fully saturated rings. The summed E-state index contributed by atoms with van der Waals surface area (Å²) in [4.78, 5) is 0. The molecule has 40 heavy (non-hydrogen) atoms. The van der Waals surface area contributed by atoms with Crippen LogP contribution in [0, 0.1) is 200 Å². The Morgan fingerprint density at radius 3 is 0.175 bits per heavy atom. The van der Waals surface area contributed by atoms with Crippen molar-refractivity contribution < 1.29 is 487 Å². The zero-order valence-electron chi connectivity index (χ0n) is 17.9. The van der Waals surface area contributed by atoms with Crippen molar-refractivity contribution in [3.63, 3.8) is 0 Å². The number of hydrogen-bond donors (Lipinski definition) is 0. The molecule has 0 heterocycles. The van der Waals surface area contributed by atoms with Crippen molar-refractivity contribution in [2.75, 3.05) is 0 Å². The number of rotatable bonds is 0. The van der Waals surface area contributed by atoms with Crippen LogP contribution in [0.3, 0.4) is 0 Å². The molecule has 0 rings (SSSR count). The van der Waals surface area contributed by atoms with Gasteiger partial charge >= 0.3 is 363 Å². The van der Waals surface area contributed by atoms with Gasteiger partial charge in [-0.2, -0.15) is 0 Å². The van der Waals surface area contributed by atoms with Crippen molar-refractivity contribution in [1.82, 2.24) is 0 Å². The van der Waals surface area contributed by atoms with Gasteiger partial charge in [-0.25, -0.2) is 0 Å². The van der Waals surface area contributed by atoms with Crippen LogP contribution in [0.25, 0.3) is 0 Å². The van der Waals surface area contributed by atoms with Crippen LogP contribution in [0.5, 0.6) is 0 Å². The van der Waals surface area contributed by atoms with Gasteiger partial charge in [-0.1, -0.05) is 0 Å². The first-order chi connectivity index (χ1) is 10.4. The van der Waals surface area contributed by atoms with E-state index in [1.165, 1.54) is 0 Å². The third-order valence-electron chi connectivity index (χ3n) is 0. The summed E-state index contributed by atoms with van der Waals surface area (Å²) < 4.78 is 0. The first-order valence-corrected chi connectivity index (χ1v) is 4.24. The average Bonchev–Trinajstić information content (AvgIpc) is 2.08. The molecular formula is B6Gd5O24Y5. The smallest absolute Gasteiger partial charge is 2.00 e. The van der Waals surface area contributed by atoms with Crippen molar-refractivity contribution >= 4 is 43.9 Å². The van der Waals surface area contributed by atoms with Crippen molar-refractivity contribution in [2.45, 2.75) is 0 Å². The van der Waals surface area contributed by atoms with Crippen molar-refractivity contribution in [1.29, 1.82) is 0 Å². The van der Waals surface area contributed by atoms with E-state index in [1.807, 2.05) is 0 Å². The predicted octanol–water partition coefficient (Wildman–Crippen LogP) is -24.4. The van der Waals surface area contributed by atoms with E-state index in [-0.39, 0.29) is 396 Å². The zero-order valence-corrected chi connectivity index (χ0v) is 43.5. The quantitative estimate of drug-likeness (QED) is 0.203. The third-order valence-corrected chi connectivity index (χ3v) is 0. The van der Waals surface area contributed by atoms with E-state index in [0.717, 1.165) is 0 Å². The predicted molar refractivity (Wildman–Crippen MR) is 38.6 cm³/mol. The van der Waals surface area contributed by atoms with Gasteiger partial charge in [0.2, 0.25) is 0 Å². The molecule has 0 aromatic carbocycles. The number of hydrogen-bond acceptors (Lipinski definition) is 18. The first-order valence-electron chi connectivity index (χ1n) is 4.24. The van der Waals surface area contributed by atoms with E-state index in [4.69, 9.17) is 90.4 Å². The summed E-state index contributed by atoms with van der Waals surface area (Å²) in [5.74, 6) is 0. The van der Waals surface area contributed by atoms with Crippen LogP contribution in [0.4, 0.5) is 0 Å². The molecule has 0 unspecified atom stereocenters. The molecule has 0 bridgehead atoms. The maximum Gasteiger partial charge on any atom is 3.00 e. The van der Waals surface area contributed by atoms with Gasteiger partial charge < -0.3 is 123 Å². The van der Waals surface area contributed by atoms with Crippen LogP contribution in [0.2, 0.25) is 0 Å². The third kappa shape index (κ3) is 873. The van der Waals surface area contributed by atoms with Crippen LogP contribution >= 0.6 is 0 Å². The fourth-order valence-electron chi connectivity index (χ4n) is 0. The molecule has 24 nitrogen and oxygen atoms in total. The summed E-state index contributed by atoms with van der Waals surface area (Å²) in [5.41, 5.74) is 0. The minimum absolute atomic E-state index is 0. The van der Waals surface area contributed by atoms with Crippen molar-refractivity contribution in [3.8, 4) is 0 Å². The van der Waals surface area contributed by atoms with E-state index in [1.54, 1.807) is 0 Å². The molecule has 40 heteroatoms. The van der Waals surface area contributed by atoms with E-state index in [2.05, 4.69) is 0 Å². The molecule has 0 aliphatic rings. The van der Waals surface area contributed by atoms with Gasteiger partial charge in [-0.15, -0.1) is 0 Å². The van der Waals surface area contributed by atoms with E-state index in [0.29, 0.717) is 0 Å². The van der Waals surface area contributed by atoms with Gasteiger partial charge in [-0.05, 0) is 0 Å². The van der Waals surface area contributed by atoms with Crippen LogP contribution in [-0.4, -0.2) is 43.9 Å². The van der Waals surface area contributed by atoms with Crippen LogP contribution in [0.15, 0.2) is 0 Å². The fourth-order valence-corrected chi connectivity index (χ4v) is 0. The zero-order chi connectivity index (χ0) is 21.5. The van der Waals surface area contributed by atoms with E-state index in [9.17, 15) is 0 Å². The topological polar surface area (TPSA) is 586 Å². The molecule has 0 aliphatic heterocycles. The fraction of sp³-hybridized carbons (Fsp3) is 0. The van der Waals surface area contributed by atoms with Crippen LogP contribution < -0.4 is 90.4 Å². The van der Waals surface area contributed by atoms with Gasteiger partial charge in [-0.3, -0.25) is 43.9 Å². The Labute approximate surface area is 516 Å². The summed E-state index contributed by atoms with van der Waals surface area (Å²) >= 11 is 0. The average molecular weight is 1680 g/mol. The molecule has 0 spiro atoms. The molecule has 0 amide bonds. The maximum absolute atomic E-state index is 8.42. The minimum atomic E-state index is -2.92. The van der Waals surface area contributed by atoms with E-state index < -0.39 is 43.9 Å². The molecule has 5 radical (unpaired) electrons. The standard InChI is InChI=1S/6BO3.5Gd.6O.5Y/c6*2-1(3)4;;;;;;;;;;;;;;;;/q6*-3;5*+3;6*-2;5*+3. The Balaban J connectivity index is -0.00000000450. The van der Waals surface area contributed by atoms with Crippen molar-refractivity contribution in [2.24, 2.45) is 0 Å². The summed E-state index contributed by atoms with van der Waals surface area (Å²) in [6.07, 6.45) is 0. The molecule has 0 atom stereocenters. The van der Waals surface area contributed by atoms with E-state index >= 15 is 0 Å². The Kier molecular flexibility index (Phi) is 536. The summed E-state index contributed by atoms with van der Waals surface area (Å²) in [5, 5.41) is 152. The monoisotopic (exact) mass is 1680 g/mol. The molecule has 0 saturated carbocycles. The molecule has 0 saturated heterocycles. The van der Waals surface area contributed by atoms with Gasteiger partial charge in [0.05, 0.1) is 0 Å². The minimum Gasteiger partial charge on any atom is -2.00 e. The van der Waals surface area contributed by atoms with Crippen LogP contribution in [-0.2, 0) is 196 Å². The molecule has 0 aromatic rings. The molecular weight excluding hydrogens is 1680 g/mol. The summed E-state index contributed by atoms with van der Waals surface area (Å²) in [7, 11) is -17.5. The normalized spacial score (nSPS) is 4.05. The molecule has 0 aliphatic carbocycles. The van der Waals surface area contributed by atoms with Gasteiger partial charge in [0, 0.05) is 0 Å². The second-order valence-electron chi connectivity index (χ2n) is 1.73. The second kappa shape index (κ2) is 142. The van der Waals surface area contributed by atoms with Gasteiger partial charge in [0.25, 0.3) is 0 Å². The molecule has 0 aromatic heterocycles. The largest absolute Gasteiger partial charge is 3.00 e.